The van der Waals surface area contributed by atoms with Gasteiger partial charge >= 0.3 is 0 Å². The molecule has 0 saturated heterocycles. The Balaban J connectivity index is 1.48. The lowest BCUT2D eigenvalue weighted by molar-refractivity contribution is -0.122. The Labute approximate surface area is 173 Å². The number of aryl methyl sites for hydroxylation is 3. The minimum absolute atomic E-state index is 0.00211. The lowest BCUT2D eigenvalue weighted by Crippen LogP contribution is -2.43. The molecule has 3 aromatic rings. The van der Waals surface area contributed by atoms with Crippen LogP contribution in [0.3, 0.4) is 0 Å². The number of benzene rings is 1. The first-order valence-electron chi connectivity index (χ1n) is 10.1. The first-order valence-corrected chi connectivity index (χ1v) is 10.1. The van der Waals surface area contributed by atoms with Crippen LogP contribution in [0.2, 0.25) is 0 Å². The molecule has 2 aromatic heterocycles. The molecule has 4 rings (SSSR count). The summed E-state index contributed by atoms with van der Waals surface area (Å²) in [6.45, 7) is 4.39. The van der Waals surface area contributed by atoms with Crippen LogP contribution in [0, 0.1) is 13.8 Å². The molecule has 3 heterocycles. The summed E-state index contributed by atoms with van der Waals surface area (Å²) < 4.78 is 3.31. The van der Waals surface area contributed by atoms with Crippen LogP contribution in [0.1, 0.15) is 46.8 Å². The average Bonchev–Trinajstić information content (AvgIpc) is 2.90. The van der Waals surface area contributed by atoms with Crippen LogP contribution >= 0.6 is 0 Å². The van der Waals surface area contributed by atoms with Gasteiger partial charge in [-0.1, -0.05) is 6.42 Å². The third kappa shape index (κ3) is 3.96. The molecule has 9 heteroatoms. The second kappa shape index (κ2) is 8.10. The minimum atomic E-state index is -0.476. The summed E-state index contributed by atoms with van der Waals surface area (Å²) in [7, 11) is 0. The number of nitrogens with one attached hydrogen (secondary N) is 2. The molecule has 2 amide bonds. The smallest absolute Gasteiger partial charge is 0.269 e. The predicted molar refractivity (Wildman–Crippen MR) is 111 cm³/mol. The topological polar surface area (TPSA) is 111 Å². The zero-order valence-corrected chi connectivity index (χ0v) is 17.1. The normalized spacial score (nSPS) is 13.5. The van der Waals surface area contributed by atoms with Crippen LogP contribution in [0.25, 0.3) is 10.9 Å². The highest BCUT2D eigenvalue weighted by atomic mass is 16.2. The van der Waals surface area contributed by atoms with Crippen molar-refractivity contribution in [2.75, 3.05) is 0 Å². The number of hydrogen-bond donors (Lipinski definition) is 2. The fourth-order valence-corrected chi connectivity index (χ4v) is 3.77. The maximum atomic E-state index is 12.8. The molecule has 156 valence electrons. The summed E-state index contributed by atoms with van der Waals surface area (Å²) in [5.74, 6) is -0.103. The first-order chi connectivity index (χ1) is 14.4. The Kier molecular flexibility index (Phi) is 5.35. The van der Waals surface area contributed by atoms with Gasteiger partial charge in [0.15, 0.2) is 0 Å². The molecule has 30 heavy (non-hydrogen) atoms. The number of aromatic nitrogens is 4. The van der Waals surface area contributed by atoms with Gasteiger partial charge in [0.1, 0.15) is 12.4 Å². The number of amides is 2. The molecule has 0 unspecified atom stereocenters. The number of carbonyl (C=O) groups is 2. The zero-order valence-electron chi connectivity index (χ0n) is 17.1. The van der Waals surface area contributed by atoms with E-state index in [2.05, 4.69) is 20.9 Å². The van der Waals surface area contributed by atoms with Crippen LogP contribution in [0.4, 0.5) is 0 Å². The van der Waals surface area contributed by atoms with Gasteiger partial charge in [-0.05, 0) is 51.0 Å². The summed E-state index contributed by atoms with van der Waals surface area (Å²) in [5.41, 5.74) is 7.23. The third-order valence-corrected chi connectivity index (χ3v) is 5.29. The molecule has 1 aromatic carbocycles. The fourth-order valence-electron chi connectivity index (χ4n) is 3.77. The largest absolute Gasteiger partial charge is 0.296 e. The summed E-state index contributed by atoms with van der Waals surface area (Å²) in [4.78, 5) is 42.0. The van der Waals surface area contributed by atoms with Gasteiger partial charge in [-0.3, -0.25) is 34.5 Å². The third-order valence-electron chi connectivity index (χ3n) is 5.29. The van der Waals surface area contributed by atoms with Crippen LogP contribution in [0.15, 0.2) is 29.1 Å². The van der Waals surface area contributed by atoms with E-state index in [-0.39, 0.29) is 12.1 Å². The molecule has 1 aliphatic rings. The van der Waals surface area contributed by atoms with E-state index >= 15 is 0 Å². The molecule has 0 radical (unpaired) electrons. The summed E-state index contributed by atoms with van der Waals surface area (Å²) in [6, 6.07) is 6.65. The molecular formula is C21H24N6O3. The van der Waals surface area contributed by atoms with Gasteiger partial charge < -0.3 is 0 Å². The van der Waals surface area contributed by atoms with Gasteiger partial charge in [-0.2, -0.15) is 5.10 Å². The van der Waals surface area contributed by atoms with E-state index < -0.39 is 11.8 Å². The van der Waals surface area contributed by atoms with Crippen molar-refractivity contribution in [1.82, 2.24) is 30.2 Å². The van der Waals surface area contributed by atoms with Crippen molar-refractivity contribution in [3.05, 3.63) is 57.4 Å². The second-order valence-electron chi connectivity index (χ2n) is 7.61. The Bertz CT molecular complexity index is 1190. The van der Waals surface area contributed by atoms with Crippen molar-refractivity contribution >= 4 is 22.7 Å². The molecule has 2 N–H and O–H groups in total. The number of hydrazine groups is 1. The lowest BCUT2D eigenvalue weighted by atomic mass is 10.1. The monoisotopic (exact) mass is 408 g/mol. The van der Waals surface area contributed by atoms with Crippen molar-refractivity contribution < 1.29 is 9.59 Å². The molecule has 0 aliphatic carbocycles. The summed E-state index contributed by atoms with van der Waals surface area (Å²) in [5, 5.41) is 4.71. The van der Waals surface area contributed by atoms with Gasteiger partial charge in [0.05, 0.1) is 16.6 Å². The van der Waals surface area contributed by atoms with Crippen molar-refractivity contribution in [2.24, 2.45) is 0 Å². The Morgan fingerprint density at radius 1 is 1.10 bits per heavy atom. The van der Waals surface area contributed by atoms with Crippen LogP contribution in [-0.2, 0) is 24.3 Å². The fraction of sp³-hybridized carbons (Fsp3) is 0.381. The van der Waals surface area contributed by atoms with Crippen LogP contribution < -0.4 is 16.4 Å². The molecule has 0 saturated carbocycles. The van der Waals surface area contributed by atoms with E-state index in [1.54, 1.807) is 27.4 Å². The van der Waals surface area contributed by atoms with Crippen molar-refractivity contribution in [2.45, 2.75) is 52.6 Å². The average molecular weight is 408 g/mol. The van der Waals surface area contributed by atoms with Crippen molar-refractivity contribution in [1.29, 1.82) is 0 Å². The zero-order chi connectivity index (χ0) is 21.3. The molecule has 1 aliphatic heterocycles. The van der Waals surface area contributed by atoms with E-state index in [9.17, 15) is 14.4 Å². The van der Waals surface area contributed by atoms with Crippen molar-refractivity contribution in [3.8, 4) is 0 Å². The highest BCUT2D eigenvalue weighted by molar-refractivity contribution is 5.98. The SMILES string of the molecule is Cc1cc(C)n(CC(=O)NNC(=O)c2ccc3c(=O)n4c(nc3c2)CCCCC4)n1. The molecule has 0 spiro atoms. The quantitative estimate of drug-likeness (QED) is 0.637. The van der Waals surface area contributed by atoms with E-state index in [1.165, 1.54) is 0 Å². The standard InChI is InChI=1S/C21H24N6O3/c1-13-10-14(2)27(25-13)12-19(28)23-24-20(29)15-7-8-16-17(11-15)22-18-6-4-3-5-9-26(18)21(16)30/h7-8,10-11H,3-6,9,12H2,1-2H3,(H,23,28)(H,24,29). The number of nitrogens with zero attached hydrogens (tertiary/aromatic N) is 4. The van der Waals surface area contributed by atoms with Gasteiger partial charge in [0.2, 0.25) is 0 Å². The molecule has 0 fully saturated rings. The molecule has 0 atom stereocenters. The predicted octanol–water partition coefficient (Wildman–Crippen LogP) is 1.40. The molecule has 9 nitrogen and oxygen atoms in total. The highest BCUT2D eigenvalue weighted by Gasteiger charge is 2.16. The lowest BCUT2D eigenvalue weighted by Gasteiger charge is -2.11. The Morgan fingerprint density at radius 3 is 2.70 bits per heavy atom. The van der Waals surface area contributed by atoms with E-state index in [0.29, 0.717) is 23.0 Å². The molecular weight excluding hydrogens is 384 g/mol. The number of carbonyl (C=O) groups excluding carboxylic acids is 2. The van der Waals surface area contributed by atoms with Gasteiger partial charge in [0.25, 0.3) is 17.4 Å². The number of fused-ring (bicyclic) bond motifs is 2. The van der Waals surface area contributed by atoms with E-state index in [4.69, 9.17) is 0 Å². The number of hydrogen-bond acceptors (Lipinski definition) is 5. The number of rotatable bonds is 3. The Hall–Kier alpha value is -3.49. The minimum Gasteiger partial charge on any atom is -0.296 e. The van der Waals surface area contributed by atoms with Gasteiger partial charge in [-0.25, -0.2) is 4.98 Å². The molecule has 0 bridgehead atoms. The van der Waals surface area contributed by atoms with Crippen molar-refractivity contribution in [3.63, 3.8) is 0 Å². The van der Waals surface area contributed by atoms with Gasteiger partial charge in [-0.15, -0.1) is 0 Å². The summed E-state index contributed by atoms with van der Waals surface area (Å²) >= 11 is 0. The first kappa shape index (κ1) is 19.8. The van der Waals surface area contributed by atoms with E-state index in [0.717, 1.165) is 42.9 Å². The maximum Gasteiger partial charge on any atom is 0.269 e. The van der Waals surface area contributed by atoms with Crippen LogP contribution in [-0.4, -0.2) is 31.1 Å². The maximum absolute atomic E-state index is 12.8. The van der Waals surface area contributed by atoms with Gasteiger partial charge in [0, 0.05) is 24.2 Å². The summed E-state index contributed by atoms with van der Waals surface area (Å²) in [6.07, 6.45) is 3.80. The van der Waals surface area contributed by atoms with E-state index in [1.807, 2.05) is 19.9 Å². The highest BCUT2D eigenvalue weighted by Crippen LogP contribution is 2.16. The van der Waals surface area contributed by atoms with Crippen LogP contribution in [0.5, 0.6) is 0 Å². The Morgan fingerprint density at radius 2 is 1.93 bits per heavy atom. The second-order valence-corrected chi connectivity index (χ2v) is 7.61.